The van der Waals surface area contributed by atoms with E-state index in [-0.39, 0.29) is 61.1 Å². The summed E-state index contributed by atoms with van der Waals surface area (Å²) in [5.74, 6) is 2.24. The molecule has 4 rings (SSSR count). The van der Waals surface area contributed by atoms with E-state index in [0.717, 1.165) is 19.0 Å². The van der Waals surface area contributed by atoms with E-state index in [1.165, 1.54) is 66.9 Å². The molecule has 6 heteroatoms. The third kappa shape index (κ3) is 19.8. The van der Waals surface area contributed by atoms with Gasteiger partial charge in [-0.15, -0.1) is 27.7 Å². The van der Waals surface area contributed by atoms with E-state index in [0.29, 0.717) is 23.7 Å². The van der Waals surface area contributed by atoms with Gasteiger partial charge in [-0.1, -0.05) is 133 Å². The number of hydrogen-bond acceptors (Lipinski definition) is 0. The van der Waals surface area contributed by atoms with Crippen LogP contribution in [-0.4, -0.2) is 19.0 Å². The number of rotatable bonds is 0. The first-order valence-electron chi connectivity index (χ1n) is 15.9. The molecule has 0 amide bonds. The molecule has 0 saturated heterocycles. The largest absolute Gasteiger partial charge is 1.00 e. The van der Waals surface area contributed by atoms with Crippen LogP contribution < -0.4 is 9.41 Å². The van der Waals surface area contributed by atoms with Crippen LogP contribution in [0.5, 0.6) is 0 Å². The Balaban J connectivity index is -0.000000107. The SMILES string of the molecule is CC1=[C-]C(C)C(C)=C1C.CC1=[C-]C(C)C(C)=C1C.CC1=[C-]C(C)C(C)=C1C.CC1=[C-]C(C)C(C)=C1C.C[SiH]C.C[SiH]C.[F-].[F-].[Hf].[Hf]. The maximum atomic E-state index is 3.36. The van der Waals surface area contributed by atoms with Crippen LogP contribution in [0.2, 0.25) is 26.2 Å². The van der Waals surface area contributed by atoms with Crippen LogP contribution in [-0.2, 0) is 51.7 Å². The molecule has 0 nitrogen and oxygen atoms in total. The van der Waals surface area contributed by atoms with Gasteiger partial charge in [0.25, 0.3) is 0 Å². The molecule has 0 spiro atoms. The molecule has 0 N–H and O–H groups in total. The van der Waals surface area contributed by atoms with Gasteiger partial charge in [-0.25, -0.2) is 22.3 Å². The van der Waals surface area contributed by atoms with E-state index in [1.54, 1.807) is 0 Å². The monoisotopic (exact) mass is 1000 g/mol. The van der Waals surface area contributed by atoms with Gasteiger partial charge in [0.2, 0.25) is 0 Å². The Morgan fingerprint density at radius 2 is 0.457 bits per heavy atom. The standard InChI is InChI=1S/4C9H13.2C2H7Si.2FH.2Hf/c4*1-6-5-7(2)9(4)8(6)3;2*1-3-2;;;;/h4*6H,1-4H3;2*3H,1-2H3;2*1H;;/q4*-1;;;;;;/p-2. The molecule has 0 aliphatic heterocycles. The van der Waals surface area contributed by atoms with Crippen LogP contribution in [0.1, 0.15) is 111 Å². The first kappa shape index (κ1) is 58.2. The Bertz CT molecular complexity index is 970. The van der Waals surface area contributed by atoms with Gasteiger partial charge in [0, 0.05) is 70.7 Å². The van der Waals surface area contributed by atoms with Crippen LogP contribution in [0.15, 0.2) is 66.9 Å². The van der Waals surface area contributed by atoms with Crippen LogP contribution in [0.3, 0.4) is 0 Å². The minimum atomic E-state index is 0. The topological polar surface area (TPSA) is 0 Å². The third-order valence-electron chi connectivity index (χ3n) is 8.95. The van der Waals surface area contributed by atoms with Crippen molar-refractivity contribution >= 4 is 19.0 Å². The van der Waals surface area contributed by atoms with Gasteiger partial charge in [0.1, 0.15) is 0 Å². The molecule has 0 bridgehead atoms. The van der Waals surface area contributed by atoms with Crippen molar-refractivity contribution in [2.75, 3.05) is 0 Å². The van der Waals surface area contributed by atoms with Crippen molar-refractivity contribution in [2.24, 2.45) is 23.7 Å². The molecule has 0 heterocycles. The zero-order valence-electron chi connectivity index (χ0n) is 33.2. The van der Waals surface area contributed by atoms with Crippen LogP contribution in [0.4, 0.5) is 0 Å². The fourth-order valence-corrected chi connectivity index (χ4v) is 4.65. The Hall–Kier alpha value is -0.0460. The van der Waals surface area contributed by atoms with Crippen LogP contribution >= 0.6 is 0 Å². The van der Waals surface area contributed by atoms with Gasteiger partial charge in [-0.3, -0.25) is 24.3 Å². The van der Waals surface area contributed by atoms with Crippen LogP contribution in [0, 0.1) is 48.0 Å². The molecule has 0 fully saturated rings. The Labute approximate surface area is 329 Å². The second kappa shape index (κ2) is 29.8. The van der Waals surface area contributed by atoms with Gasteiger partial charge in [-0.2, -0.15) is 44.6 Å². The first-order chi connectivity index (χ1) is 19.3. The van der Waals surface area contributed by atoms with E-state index in [1.807, 2.05) is 0 Å². The summed E-state index contributed by atoms with van der Waals surface area (Å²) in [5.41, 5.74) is 17.0. The summed E-state index contributed by atoms with van der Waals surface area (Å²) in [7, 11) is 1.50. The summed E-state index contributed by atoms with van der Waals surface area (Å²) in [6.07, 6.45) is 13.4. The Morgan fingerprint density at radius 1 is 0.348 bits per heavy atom. The third-order valence-corrected chi connectivity index (χ3v) is 8.95. The number of halogens is 2. The minimum absolute atomic E-state index is 0. The van der Waals surface area contributed by atoms with Gasteiger partial charge < -0.3 is 9.41 Å². The zero-order chi connectivity index (χ0) is 33.5. The average Bonchev–Trinajstić information content (AvgIpc) is 3.47. The van der Waals surface area contributed by atoms with E-state index in [2.05, 4.69) is 161 Å². The molecule has 4 atom stereocenters. The molecule has 0 aromatic rings. The number of allylic oxidation sites excluding steroid dienone is 16. The molecule has 46 heavy (non-hydrogen) atoms. The van der Waals surface area contributed by atoms with Crippen molar-refractivity contribution in [2.45, 2.75) is 137 Å². The maximum absolute atomic E-state index is 3.36. The summed E-state index contributed by atoms with van der Waals surface area (Å²) in [6.45, 7) is 43.5. The van der Waals surface area contributed by atoms with Crippen molar-refractivity contribution in [3.05, 3.63) is 91.2 Å². The fourth-order valence-electron chi connectivity index (χ4n) is 4.65. The second-order valence-corrected chi connectivity index (χ2v) is 14.7. The predicted octanol–water partition coefficient (Wildman–Crippen LogP) is 5.93. The first-order valence-corrected chi connectivity index (χ1v) is 20.5. The molecule has 0 saturated carbocycles. The summed E-state index contributed by atoms with van der Waals surface area (Å²) in [5, 5.41) is 0. The van der Waals surface area contributed by atoms with Crippen molar-refractivity contribution < 1.29 is 61.1 Å². The number of hydrogen-bond donors (Lipinski definition) is 0. The fraction of sp³-hybridized carbons (Fsp3) is 0.600. The zero-order valence-corrected chi connectivity index (χ0v) is 42.7. The van der Waals surface area contributed by atoms with Gasteiger partial charge in [0.05, 0.1) is 0 Å². The summed E-state index contributed by atoms with van der Waals surface area (Å²) in [6, 6.07) is 0. The molecule has 0 aromatic heterocycles. The summed E-state index contributed by atoms with van der Waals surface area (Å²) in [4.78, 5) is 0. The quantitative estimate of drug-likeness (QED) is 0.209. The van der Waals surface area contributed by atoms with Crippen molar-refractivity contribution in [3.63, 3.8) is 0 Å². The minimum Gasteiger partial charge on any atom is -1.00 e. The molecule has 262 valence electrons. The van der Waals surface area contributed by atoms with E-state index < -0.39 is 0 Å². The van der Waals surface area contributed by atoms with Gasteiger partial charge >= 0.3 is 0 Å². The predicted molar refractivity (Wildman–Crippen MR) is 198 cm³/mol. The van der Waals surface area contributed by atoms with Gasteiger partial charge in [0.15, 0.2) is 0 Å². The molecule has 2 radical (unpaired) electrons. The smallest absolute Gasteiger partial charge is 0.0213 e. The molecule has 4 aliphatic rings. The van der Waals surface area contributed by atoms with Gasteiger partial charge in [-0.05, 0) is 0 Å². The molecular formula is C40H66F2Hf2Si2-6. The van der Waals surface area contributed by atoms with Crippen molar-refractivity contribution in [1.82, 2.24) is 0 Å². The average molecular weight is 998 g/mol. The normalized spacial score (nSPS) is 22.0. The molecule has 4 unspecified atom stereocenters. The van der Waals surface area contributed by atoms with Crippen molar-refractivity contribution in [1.29, 1.82) is 0 Å². The van der Waals surface area contributed by atoms with E-state index in [9.17, 15) is 0 Å². The van der Waals surface area contributed by atoms with E-state index in [4.69, 9.17) is 0 Å². The van der Waals surface area contributed by atoms with Crippen LogP contribution in [0.25, 0.3) is 0 Å². The Morgan fingerprint density at radius 3 is 0.478 bits per heavy atom. The van der Waals surface area contributed by atoms with Crippen molar-refractivity contribution in [3.8, 4) is 0 Å². The summed E-state index contributed by atoms with van der Waals surface area (Å²) < 4.78 is 0. The maximum Gasteiger partial charge on any atom is 0.0213 e. The second-order valence-electron chi connectivity index (χ2n) is 12.4. The Kier molecular flexibility index (Phi) is 37.7. The molecule has 4 aliphatic carbocycles. The molecule has 0 aromatic carbocycles. The molecular weight excluding hydrogens is 932 g/mol. The van der Waals surface area contributed by atoms with E-state index >= 15 is 0 Å². The summed E-state index contributed by atoms with van der Waals surface area (Å²) >= 11 is 0.